The Bertz CT molecular complexity index is 941. The number of para-hydroxylation sites is 1. The number of carbonyl (C=O) groups is 1. The third-order valence-electron chi connectivity index (χ3n) is 4.22. The first-order valence-corrected chi connectivity index (χ1v) is 8.84. The van der Waals surface area contributed by atoms with Gasteiger partial charge in [0.25, 0.3) is 5.91 Å². The van der Waals surface area contributed by atoms with Gasteiger partial charge in [0.05, 0.1) is 29.6 Å². The fourth-order valence-electron chi connectivity index (χ4n) is 2.93. The number of rotatable bonds is 4. The molecular formula is C18H17ClN6O2. The highest BCUT2D eigenvalue weighted by molar-refractivity contribution is 6.34. The van der Waals surface area contributed by atoms with Crippen molar-refractivity contribution in [2.24, 2.45) is 0 Å². The Hall–Kier alpha value is -2.97. The van der Waals surface area contributed by atoms with E-state index < -0.39 is 0 Å². The molecule has 1 aliphatic rings. The minimum atomic E-state index is -0.254. The predicted molar refractivity (Wildman–Crippen MR) is 102 cm³/mol. The number of ether oxygens (including phenoxy) is 1. The summed E-state index contributed by atoms with van der Waals surface area (Å²) in [4.78, 5) is 23.0. The van der Waals surface area contributed by atoms with Crippen molar-refractivity contribution in [1.29, 1.82) is 0 Å². The molecule has 0 aliphatic carbocycles. The van der Waals surface area contributed by atoms with Gasteiger partial charge in [-0.1, -0.05) is 17.7 Å². The lowest BCUT2D eigenvalue weighted by atomic mass is 10.2. The van der Waals surface area contributed by atoms with Gasteiger partial charge in [0.15, 0.2) is 5.82 Å². The van der Waals surface area contributed by atoms with Gasteiger partial charge in [-0.15, -0.1) is 0 Å². The van der Waals surface area contributed by atoms with Crippen LogP contribution in [0.3, 0.4) is 0 Å². The first-order valence-electron chi connectivity index (χ1n) is 8.46. The first-order chi connectivity index (χ1) is 13.2. The standard InChI is InChI=1S/C18H17ClN6O2/c19-14-2-1-3-15(17(14)24-6-8-27-9-7-24)23-18(26)13-4-5-21-16(10-13)25-12-20-11-22-25/h1-5,10-12H,6-9H2,(H,23,26). The molecule has 8 nitrogen and oxygen atoms in total. The van der Waals surface area contributed by atoms with Crippen LogP contribution in [0.25, 0.3) is 5.82 Å². The van der Waals surface area contributed by atoms with Gasteiger partial charge in [0.1, 0.15) is 12.7 Å². The molecular weight excluding hydrogens is 368 g/mol. The van der Waals surface area contributed by atoms with E-state index in [-0.39, 0.29) is 5.91 Å². The summed E-state index contributed by atoms with van der Waals surface area (Å²) >= 11 is 6.42. The quantitative estimate of drug-likeness (QED) is 0.743. The minimum Gasteiger partial charge on any atom is -0.378 e. The van der Waals surface area contributed by atoms with Gasteiger partial charge in [0, 0.05) is 24.8 Å². The summed E-state index contributed by atoms with van der Waals surface area (Å²) in [5, 5.41) is 7.58. The van der Waals surface area contributed by atoms with E-state index in [1.54, 1.807) is 18.3 Å². The number of hydrogen-bond acceptors (Lipinski definition) is 6. The number of aromatic nitrogens is 4. The number of morpholine rings is 1. The zero-order valence-electron chi connectivity index (χ0n) is 14.4. The van der Waals surface area contributed by atoms with Crippen LogP contribution in [0.15, 0.2) is 49.2 Å². The molecule has 27 heavy (non-hydrogen) atoms. The van der Waals surface area contributed by atoms with Crippen LogP contribution in [0.2, 0.25) is 5.02 Å². The molecule has 1 aliphatic heterocycles. The van der Waals surface area contributed by atoms with E-state index in [9.17, 15) is 4.79 Å². The number of halogens is 1. The zero-order valence-corrected chi connectivity index (χ0v) is 15.1. The second-order valence-corrected chi connectivity index (χ2v) is 6.34. The van der Waals surface area contributed by atoms with Gasteiger partial charge in [-0.2, -0.15) is 5.10 Å². The number of anilines is 2. The molecule has 0 bridgehead atoms. The number of benzene rings is 1. The molecule has 9 heteroatoms. The lowest BCUT2D eigenvalue weighted by Gasteiger charge is -2.31. The highest BCUT2D eigenvalue weighted by atomic mass is 35.5. The summed E-state index contributed by atoms with van der Waals surface area (Å²) in [5.41, 5.74) is 1.93. The average Bonchev–Trinajstić information content (AvgIpc) is 3.24. The molecule has 1 amide bonds. The number of carbonyl (C=O) groups excluding carboxylic acids is 1. The third-order valence-corrected chi connectivity index (χ3v) is 4.53. The Morgan fingerprint density at radius 2 is 2.07 bits per heavy atom. The maximum Gasteiger partial charge on any atom is 0.255 e. The van der Waals surface area contributed by atoms with Crippen molar-refractivity contribution in [2.75, 3.05) is 36.5 Å². The van der Waals surface area contributed by atoms with Crippen molar-refractivity contribution < 1.29 is 9.53 Å². The van der Waals surface area contributed by atoms with E-state index in [1.807, 2.05) is 18.2 Å². The molecule has 3 aromatic rings. The van der Waals surface area contributed by atoms with E-state index in [2.05, 4.69) is 25.3 Å². The summed E-state index contributed by atoms with van der Waals surface area (Å²) in [5.74, 6) is 0.259. The van der Waals surface area contributed by atoms with Gasteiger partial charge in [-0.3, -0.25) is 4.79 Å². The van der Waals surface area contributed by atoms with Gasteiger partial charge >= 0.3 is 0 Å². The summed E-state index contributed by atoms with van der Waals surface area (Å²) in [6.07, 6.45) is 4.50. The molecule has 0 saturated carbocycles. The molecule has 0 spiro atoms. The van der Waals surface area contributed by atoms with Gasteiger partial charge in [-0.05, 0) is 24.3 Å². The van der Waals surface area contributed by atoms with Gasteiger partial charge in [0.2, 0.25) is 0 Å². The summed E-state index contributed by atoms with van der Waals surface area (Å²) in [6.45, 7) is 2.70. The maximum atomic E-state index is 12.8. The van der Waals surface area contributed by atoms with E-state index in [1.165, 1.54) is 17.3 Å². The number of nitrogens with zero attached hydrogens (tertiary/aromatic N) is 5. The highest BCUT2D eigenvalue weighted by Crippen LogP contribution is 2.34. The Kier molecular flexibility index (Phi) is 4.99. The predicted octanol–water partition coefficient (Wildman–Crippen LogP) is 2.40. The lowest BCUT2D eigenvalue weighted by Crippen LogP contribution is -2.37. The van der Waals surface area contributed by atoms with E-state index >= 15 is 0 Å². The maximum absolute atomic E-state index is 12.8. The lowest BCUT2D eigenvalue weighted by molar-refractivity contribution is 0.102. The van der Waals surface area contributed by atoms with Gasteiger partial charge < -0.3 is 15.0 Å². The molecule has 138 valence electrons. The summed E-state index contributed by atoms with van der Waals surface area (Å²) < 4.78 is 6.90. The van der Waals surface area contributed by atoms with Crippen molar-refractivity contribution in [2.45, 2.75) is 0 Å². The van der Waals surface area contributed by atoms with Crippen LogP contribution in [0.5, 0.6) is 0 Å². The monoisotopic (exact) mass is 384 g/mol. The van der Waals surface area contributed by atoms with Crippen LogP contribution in [-0.2, 0) is 4.74 Å². The van der Waals surface area contributed by atoms with Gasteiger partial charge in [-0.25, -0.2) is 14.6 Å². The molecule has 3 heterocycles. The van der Waals surface area contributed by atoms with E-state index in [4.69, 9.17) is 16.3 Å². The minimum absolute atomic E-state index is 0.254. The smallest absolute Gasteiger partial charge is 0.255 e. The molecule has 0 atom stereocenters. The molecule has 1 N–H and O–H groups in total. The topological polar surface area (TPSA) is 85.2 Å². The largest absolute Gasteiger partial charge is 0.378 e. The zero-order chi connectivity index (χ0) is 18.6. The first kappa shape index (κ1) is 17.4. The molecule has 1 saturated heterocycles. The van der Waals surface area contributed by atoms with Crippen molar-refractivity contribution in [3.8, 4) is 5.82 Å². The third kappa shape index (κ3) is 3.76. The molecule has 0 unspecified atom stereocenters. The van der Waals surface area contributed by atoms with Crippen molar-refractivity contribution in [3.63, 3.8) is 0 Å². The number of nitrogens with one attached hydrogen (secondary N) is 1. The highest BCUT2D eigenvalue weighted by Gasteiger charge is 2.19. The van der Waals surface area contributed by atoms with Crippen LogP contribution in [-0.4, -0.2) is 52.0 Å². The Labute approximate surface area is 160 Å². The molecule has 1 fully saturated rings. The van der Waals surface area contributed by atoms with Crippen LogP contribution in [0, 0.1) is 0 Å². The van der Waals surface area contributed by atoms with Crippen LogP contribution in [0.1, 0.15) is 10.4 Å². The normalized spacial score (nSPS) is 14.2. The Morgan fingerprint density at radius 3 is 2.85 bits per heavy atom. The number of hydrogen-bond donors (Lipinski definition) is 1. The van der Waals surface area contributed by atoms with Crippen molar-refractivity contribution in [3.05, 3.63) is 59.8 Å². The molecule has 1 aromatic carbocycles. The Balaban J connectivity index is 1.60. The second kappa shape index (κ2) is 7.73. The van der Waals surface area contributed by atoms with Crippen molar-refractivity contribution in [1.82, 2.24) is 19.7 Å². The number of pyridine rings is 1. The molecule has 2 aromatic heterocycles. The summed E-state index contributed by atoms with van der Waals surface area (Å²) in [6, 6.07) is 8.78. The Morgan fingerprint density at radius 1 is 1.22 bits per heavy atom. The fraction of sp³-hybridized carbons (Fsp3) is 0.222. The van der Waals surface area contributed by atoms with Crippen LogP contribution < -0.4 is 10.2 Å². The molecule has 0 radical (unpaired) electrons. The van der Waals surface area contributed by atoms with E-state index in [0.717, 1.165) is 18.8 Å². The average molecular weight is 385 g/mol. The summed E-state index contributed by atoms with van der Waals surface area (Å²) in [7, 11) is 0. The number of amides is 1. The van der Waals surface area contributed by atoms with Crippen molar-refractivity contribution >= 4 is 28.9 Å². The molecule has 4 rings (SSSR count). The SMILES string of the molecule is O=C(Nc1cccc(Cl)c1N1CCOCC1)c1ccnc(-n2cncn2)c1. The van der Waals surface area contributed by atoms with Crippen LogP contribution >= 0.6 is 11.6 Å². The van der Waals surface area contributed by atoms with Crippen LogP contribution in [0.4, 0.5) is 11.4 Å². The second-order valence-electron chi connectivity index (χ2n) is 5.93. The fourth-order valence-corrected chi connectivity index (χ4v) is 3.22. The van der Waals surface area contributed by atoms with E-state index in [0.29, 0.717) is 35.3 Å².